The Kier molecular flexibility index (Phi) is 5.92. The number of amides is 3. The van der Waals surface area contributed by atoms with Gasteiger partial charge in [-0.2, -0.15) is 0 Å². The van der Waals surface area contributed by atoms with Crippen molar-refractivity contribution in [2.24, 2.45) is 0 Å². The number of benzene rings is 1. The van der Waals surface area contributed by atoms with Crippen LogP contribution in [0.15, 0.2) is 30.3 Å². The third-order valence-corrected chi connectivity index (χ3v) is 4.24. The van der Waals surface area contributed by atoms with Crippen molar-refractivity contribution in [2.75, 3.05) is 10.6 Å². The van der Waals surface area contributed by atoms with E-state index in [-0.39, 0.29) is 17.6 Å². The van der Waals surface area contributed by atoms with Crippen LogP contribution in [0.1, 0.15) is 23.6 Å². The minimum absolute atomic E-state index is 0.0120. The first-order valence-electron chi connectivity index (χ1n) is 7.53. The first-order valence-corrected chi connectivity index (χ1v) is 8.35. The van der Waals surface area contributed by atoms with Gasteiger partial charge in [0.15, 0.2) is 0 Å². The number of halogens is 1. The van der Waals surface area contributed by atoms with Gasteiger partial charge in [0.05, 0.1) is 5.69 Å². The van der Waals surface area contributed by atoms with E-state index in [1.165, 1.54) is 34.9 Å². The second-order valence-electron chi connectivity index (χ2n) is 5.59. The lowest BCUT2D eigenvalue weighted by Crippen LogP contribution is -2.37. The lowest BCUT2D eigenvalue weighted by molar-refractivity contribution is -0.114. The molecule has 1 aromatic heterocycles. The third-order valence-electron chi connectivity index (χ3n) is 3.22. The summed E-state index contributed by atoms with van der Waals surface area (Å²) in [5, 5.41) is 7.79. The van der Waals surface area contributed by atoms with Gasteiger partial charge in [0.25, 0.3) is 0 Å². The Morgan fingerprint density at radius 1 is 1.21 bits per heavy atom. The van der Waals surface area contributed by atoms with E-state index < -0.39 is 11.8 Å². The van der Waals surface area contributed by atoms with Crippen LogP contribution >= 0.6 is 11.3 Å². The van der Waals surface area contributed by atoms with Crippen LogP contribution in [0, 0.1) is 12.7 Å². The number of nitrogens with one attached hydrogen (secondary N) is 3. The minimum atomic E-state index is -0.569. The highest BCUT2D eigenvalue weighted by Crippen LogP contribution is 2.20. The molecule has 1 atom stereocenters. The van der Waals surface area contributed by atoms with Gasteiger partial charge >= 0.3 is 6.03 Å². The molecule has 7 heteroatoms. The zero-order valence-corrected chi connectivity index (χ0v) is 14.6. The molecule has 0 unspecified atom stereocenters. The lowest BCUT2D eigenvalue weighted by Gasteiger charge is -2.15. The molecule has 5 nitrogen and oxygen atoms in total. The molecule has 0 saturated heterocycles. The zero-order valence-electron chi connectivity index (χ0n) is 13.8. The molecule has 0 saturated carbocycles. The summed E-state index contributed by atoms with van der Waals surface area (Å²) >= 11 is 1.69. The number of anilines is 2. The molecule has 0 spiro atoms. The maximum atomic E-state index is 13.8. The van der Waals surface area contributed by atoms with Gasteiger partial charge in [-0.1, -0.05) is 0 Å². The zero-order chi connectivity index (χ0) is 17.7. The van der Waals surface area contributed by atoms with Crippen molar-refractivity contribution in [2.45, 2.75) is 33.2 Å². The molecule has 0 aliphatic carbocycles. The smallest absolute Gasteiger partial charge is 0.319 e. The Morgan fingerprint density at radius 3 is 2.58 bits per heavy atom. The molecule has 3 amide bonds. The summed E-state index contributed by atoms with van der Waals surface area (Å²) in [4.78, 5) is 25.5. The largest absolute Gasteiger partial charge is 0.335 e. The van der Waals surface area contributed by atoms with Crippen LogP contribution in [0.5, 0.6) is 0 Å². The van der Waals surface area contributed by atoms with Gasteiger partial charge in [-0.25, -0.2) is 9.18 Å². The fraction of sp³-hybridized carbons (Fsp3) is 0.294. The highest BCUT2D eigenvalue weighted by Gasteiger charge is 2.12. The van der Waals surface area contributed by atoms with Gasteiger partial charge in [0, 0.05) is 34.8 Å². The molecule has 0 fully saturated rings. The second-order valence-corrected chi connectivity index (χ2v) is 6.96. The van der Waals surface area contributed by atoms with Crippen molar-refractivity contribution in [3.8, 4) is 0 Å². The summed E-state index contributed by atoms with van der Waals surface area (Å²) < 4.78 is 13.8. The summed E-state index contributed by atoms with van der Waals surface area (Å²) in [6, 6.07) is 7.49. The second kappa shape index (κ2) is 7.92. The Balaban J connectivity index is 1.94. The molecule has 0 aliphatic heterocycles. The van der Waals surface area contributed by atoms with Gasteiger partial charge < -0.3 is 16.0 Å². The van der Waals surface area contributed by atoms with E-state index in [1.54, 1.807) is 11.3 Å². The SMILES string of the molecule is CC(=O)Nc1ccc(F)c(NC(=O)N[C@@H](C)Cc2ccc(C)s2)c1. The first-order chi connectivity index (χ1) is 11.3. The van der Waals surface area contributed by atoms with Crippen molar-refractivity contribution in [3.63, 3.8) is 0 Å². The van der Waals surface area contributed by atoms with Gasteiger partial charge in [-0.15, -0.1) is 11.3 Å². The first kappa shape index (κ1) is 17.9. The predicted octanol–water partition coefficient (Wildman–Crippen LogP) is 3.91. The molecule has 24 heavy (non-hydrogen) atoms. The maximum absolute atomic E-state index is 13.8. The predicted molar refractivity (Wildman–Crippen MR) is 95.1 cm³/mol. The van der Waals surface area contributed by atoms with Gasteiger partial charge in [-0.3, -0.25) is 4.79 Å². The number of carbonyl (C=O) groups is 2. The molecular formula is C17H20FN3O2S. The number of urea groups is 1. The van der Waals surface area contributed by atoms with E-state index in [9.17, 15) is 14.0 Å². The highest BCUT2D eigenvalue weighted by molar-refractivity contribution is 7.11. The number of thiophene rings is 1. The number of aryl methyl sites for hydroxylation is 1. The molecule has 3 N–H and O–H groups in total. The van der Waals surface area contributed by atoms with Crippen molar-refractivity contribution in [1.82, 2.24) is 5.32 Å². The maximum Gasteiger partial charge on any atom is 0.319 e. The van der Waals surface area contributed by atoms with E-state index in [0.29, 0.717) is 12.1 Å². The fourth-order valence-electron chi connectivity index (χ4n) is 2.23. The van der Waals surface area contributed by atoms with Crippen LogP contribution in [0.4, 0.5) is 20.6 Å². The van der Waals surface area contributed by atoms with Crippen molar-refractivity contribution < 1.29 is 14.0 Å². The van der Waals surface area contributed by atoms with Crippen LogP contribution in [0.3, 0.4) is 0 Å². The lowest BCUT2D eigenvalue weighted by atomic mass is 10.2. The van der Waals surface area contributed by atoms with Crippen LogP contribution in [-0.4, -0.2) is 18.0 Å². The minimum Gasteiger partial charge on any atom is -0.335 e. The van der Waals surface area contributed by atoms with Crippen molar-refractivity contribution in [3.05, 3.63) is 45.9 Å². The van der Waals surface area contributed by atoms with E-state index in [1.807, 2.05) is 26.0 Å². The third kappa shape index (κ3) is 5.34. The summed E-state index contributed by atoms with van der Waals surface area (Å²) in [5.41, 5.74) is 0.430. The topological polar surface area (TPSA) is 70.2 Å². The summed E-state index contributed by atoms with van der Waals surface area (Å²) in [7, 11) is 0. The Bertz CT molecular complexity index is 745. The van der Waals surface area contributed by atoms with E-state index >= 15 is 0 Å². The standard InChI is InChI=1S/C17H20FN3O2S/c1-10(8-14-6-4-11(2)24-14)19-17(23)21-16-9-13(20-12(3)22)5-7-15(16)18/h4-7,9-10H,8H2,1-3H3,(H,20,22)(H2,19,21,23)/t10-/m0/s1. The monoisotopic (exact) mass is 349 g/mol. The number of carbonyl (C=O) groups excluding carboxylic acids is 2. The van der Waals surface area contributed by atoms with Gasteiger partial charge in [-0.05, 0) is 44.2 Å². The Hall–Kier alpha value is -2.41. The molecule has 1 aromatic carbocycles. The number of rotatable bonds is 5. The average molecular weight is 349 g/mol. The number of hydrogen-bond acceptors (Lipinski definition) is 3. The quantitative estimate of drug-likeness (QED) is 0.766. The highest BCUT2D eigenvalue weighted by atomic mass is 32.1. The van der Waals surface area contributed by atoms with Crippen molar-refractivity contribution in [1.29, 1.82) is 0 Å². The van der Waals surface area contributed by atoms with E-state index in [2.05, 4.69) is 16.0 Å². The van der Waals surface area contributed by atoms with Crippen LogP contribution in [0.25, 0.3) is 0 Å². The molecular weight excluding hydrogens is 329 g/mol. The van der Waals surface area contributed by atoms with Crippen LogP contribution in [0.2, 0.25) is 0 Å². The van der Waals surface area contributed by atoms with Crippen LogP contribution in [-0.2, 0) is 11.2 Å². The van der Waals surface area contributed by atoms with Gasteiger partial charge in [0.1, 0.15) is 5.82 Å². The number of hydrogen-bond donors (Lipinski definition) is 3. The molecule has 0 bridgehead atoms. The molecule has 1 heterocycles. The average Bonchev–Trinajstić information content (AvgIpc) is 2.86. The molecule has 0 radical (unpaired) electrons. The molecule has 2 rings (SSSR count). The fourth-order valence-corrected chi connectivity index (χ4v) is 3.25. The summed E-state index contributed by atoms with van der Waals surface area (Å²) in [6.07, 6.45) is 0.709. The van der Waals surface area contributed by atoms with Crippen LogP contribution < -0.4 is 16.0 Å². The molecule has 0 aliphatic rings. The van der Waals surface area contributed by atoms with E-state index in [4.69, 9.17) is 0 Å². The van der Waals surface area contributed by atoms with Crippen molar-refractivity contribution >= 4 is 34.6 Å². The summed E-state index contributed by atoms with van der Waals surface area (Å²) in [5.74, 6) is -0.836. The van der Waals surface area contributed by atoms with Gasteiger partial charge in [0.2, 0.25) is 5.91 Å². The molecule has 2 aromatic rings. The van der Waals surface area contributed by atoms with E-state index in [0.717, 1.165) is 0 Å². The Morgan fingerprint density at radius 2 is 1.96 bits per heavy atom. The Labute approximate surface area is 144 Å². The normalized spacial score (nSPS) is 11.7. The molecule has 128 valence electrons. The summed E-state index contributed by atoms with van der Waals surface area (Å²) in [6.45, 7) is 5.28.